The molecule has 2 heterocycles. The summed E-state index contributed by atoms with van der Waals surface area (Å²) in [6.45, 7) is -0.494. The summed E-state index contributed by atoms with van der Waals surface area (Å²) in [4.78, 5) is 49.0. The van der Waals surface area contributed by atoms with Crippen molar-refractivity contribution < 1.29 is 24.0 Å². The van der Waals surface area contributed by atoms with Gasteiger partial charge in [0.1, 0.15) is 18.0 Å². The molecule has 1 aromatic heterocycles. The van der Waals surface area contributed by atoms with Crippen molar-refractivity contribution in [1.82, 2.24) is 14.8 Å². The third kappa shape index (κ3) is 4.48. The monoisotopic (exact) mass is 461 g/mol. The number of para-hydroxylation sites is 2. The van der Waals surface area contributed by atoms with Crippen LogP contribution in [0.15, 0.2) is 72.6 Å². The maximum absolute atomic E-state index is 12.8. The lowest BCUT2D eigenvalue weighted by Crippen LogP contribution is -2.38. The minimum atomic E-state index is -0.736. The topological polar surface area (TPSA) is 136 Å². The Balaban J connectivity index is 1.52. The number of nitro benzene ring substituents is 1. The molecule has 2 N–H and O–H groups in total. The third-order valence-corrected chi connectivity index (χ3v) is 5.04. The van der Waals surface area contributed by atoms with Crippen molar-refractivity contribution in [3.63, 3.8) is 0 Å². The number of benzene rings is 2. The highest BCUT2D eigenvalue weighted by Gasteiger charge is 2.35. The lowest BCUT2D eigenvalue weighted by Gasteiger charge is -2.13. The molecular weight excluding hydrogens is 442 g/mol. The largest absolute Gasteiger partial charge is 0.495 e. The van der Waals surface area contributed by atoms with E-state index in [2.05, 4.69) is 10.6 Å². The van der Waals surface area contributed by atoms with E-state index in [0.717, 1.165) is 4.90 Å². The van der Waals surface area contributed by atoms with Gasteiger partial charge in [0, 0.05) is 24.0 Å². The van der Waals surface area contributed by atoms with Crippen LogP contribution in [0.2, 0.25) is 0 Å². The minimum absolute atomic E-state index is 0.0273. The van der Waals surface area contributed by atoms with Crippen LogP contribution in [0.1, 0.15) is 5.69 Å². The normalized spacial score (nSPS) is 14.3. The lowest BCUT2D eigenvalue weighted by atomic mass is 10.2. The molecular formula is C23H19N5O6. The van der Waals surface area contributed by atoms with Crippen LogP contribution in [0.3, 0.4) is 0 Å². The molecule has 11 heteroatoms. The Morgan fingerprint density at radius 1 is 1.15 bits per heavy atom. The molecule has 0 spiro atoms. The third-order valence-electron chi connectivity index (χ3n) is 5.04. The van der Waals surface area contributed by atoms with Crippen molar-refractivity contribution in [3.05, 3.63) is 88.4 Å². The van der Waals surface area contributed by atoms with Gasteiger partial charge in [-0.2, -0.15) is 0 Å². The van der Waals surface area contributed by atoms with Crippen LogP contribution in [-0.4, -0.2) is 45.9 Å². The number of nitro groups is 1. The van der Waals surface area contributed by atoms with Crippen molar-refractivity contribution in [2.24, 2.45) is 0 Å². The first-order valence-corrected chi connectivity index (χ1v) is 10.1. The predicted octanol–water partition coefficient (Wildman–Crippen LogP) is 2.93. The number of methoxy groups -OCH3 is 1. The Labute approximate surface area is 193 Å². The van der Waals surface area contributed by atoms with Gasteiger partial charge in [-0.05, 0) is 36.4 Å². The molecule has 0 bridgehead atoms. The maximum atomic E-state index is 12.8. The number of imide groups is 1. The average molecular weight is 461 g/mol. The van der Waals surface area contributed by atoms with Crippen LogP contribution >= 0.6 is 0 Å². The van der Waals surface area contributed by atoms with Gasteiger partial charge in [0.25, 0.3) is 11.6 Å². The quantitative estimate of drug-likeness (QED) is 0.240. The number of rotatable bonds is 7. The number of hydrogen-bond acceptors (Lipinski definition) is 6. The van der Waals surface area contributed by atoms with Crippen molar-refractivity contribution in [3.8, 4) is 11.4 Å². The fourth-order valence-corrected chi connectivity index (χ4v) is 3.45. The molecule has 1 aliphatic heterocycles. The number of nitrogens with one attached hydrogen (secondary N) is 2. The number of aromatic nitrogens is 1. The number of ether oxygens (including phenoxy) is 1. The van der Waals surface area contributed by atoms with E-state index < -0.39 is 29.3 Å². The Morgan fingerprint density at radius 2 is 1.94 bits per heavy atom. The van der Waals surface area contributed by atoms with E-state index in [0.29, 0.717) is 22.8 Å². The summed E-state index contributed by atoms with van der Waals surface area (Å²) in [6, 6.07) is 15.4. The van der Waals surface area contributed by atoms with Gasteiger partial charge in [0.15, 0.2) is 0 Å². The molecule has 1 saturated heterocycles. The molecule has 11 nitrogen and oxygen atoms in total. The summed E-state index contributed by atoms with van der Waals surface area (Å²) in [5.74, 6) is -0.809. The Morgan fingerprint density at radius 3 is 2.71 bits per heavy atom. The highest BCUT2D eigenvalue weighted by molar-refractivity contribution is 6.16. The van der Waals surface area contributed by atoms with Gasteiger partial charge >= 0.3 is 6.03 Å². The summed E-state index contributed by atoms with van der Waals surface area (Å²) in [7, 11) is 1.46. The molecule has 3 aromatic rings. The van der Waals surface area contributed by atoms with Gasteiger partial charge in [0.05, 0.1) is 23.4 Å². The number of urea groups is 1. The van der Waals surface area contributed by atoms with Crippen LogP contribution in [0.25, 0.3) is 11.8 Å². The first kappa shape index (κ1) is 22.3. The second-order valence-corrected chi connectivity index (χ2v) is 7.21. The van der Waals surface area contributed by atoms with Crippen LogP contribution in [0, 0.1) is 10.1 Å². The van der Waals surface area contributed by atoms with Crippen LogP contribution in [0.5, 0.6) is 5.75 Å². The molecule has 1 aliphatic rings. The molecule has 4 rings (SSSR count). The molecule has 172 valence electrons. The smallest absolute Gasteiger partial charge is 0.329 e. The van der Waals surface area contributed by atoms with Gasteiger partial charge in [-0.15, -0.1) is 0 Å². The summed E-state index contributed by atoms with van der Waals surface area (Å²) < 4.78 is 6.81. The second kappa shape index (κ2) is 9.28. The Hall–Kier alpha value is -4.93. The molecule has 0 aliphatic carbocycles. The fourth-order valence-electron chi connectivity index (χ4n) is 3.45. The number of carbonyl (C=O) groups is 3. The molecule has 0 unspecified atom stereocenters. The zero-order valence-corrected chi connectivity index (χ0v) is 17.9. The highest BCUT2D eigenvalue weighted by atomic mass is 16.6. The van der Waals surface area contributed by atoms with E-state index in [1.54, 1.807) is 59.3 Å². The first-order valence-electron chi connectivity index (χ1n) is 10.1. The Kier molecular flexibility index (Phi) is 6.08. The molecule has 0 saturated carbocycles. The van der Waals surface area contributed by atoms with Gasteiger partial charge in [-0.3, -0.25) is 19.7 Å². The van der Waals surface area contributed by atoms with Gasteiger partial charge in [0.2, 0.25) is 5.91 Å². The van der Waals surface area contributed by atoms with E-state index in [1.165, 1.54) is 25.3 Å². The van der Waals surface area contributed by atoms with E-state index in [-0.39, 0.29) is 11.4 Å². The molecule has 1 fully saturated rings. The van der Waals surface area contributed by atoms with Crippen LogP contribution in [-0.2, 0) is 9.59 Å². The van der Waals surface area contributed by atoms with Crippen molar-refractivity contribution in [2.75, 3.05) is 19.0 Å². The van der Waals surface area contributed by atoms with Crippen molar-refractivity contribution in [2.45, 2.75) is 0 Å². The molecule has 4 amide bonds. The minimum Gasteiger partial charge on any atom is -0.495 e. The van der Waals surface area contributed by atoms with Gasteiger partial charge in [-0.25, -0.2) is 9.69 Å². The summed E-state index contributed by atoms with van der Waals surface area (Å²) in [6.07, 6.45) is 3.11. The van der Waals surface area contributed by atoms with Crippen LogP contribution in [0.4, 0.5) is 16.2 Å². The summed E-state index contributed by atoms with van der Waals surface area (Å²) in [5, 5.41) is 16.2. The average Bonchev–Trinajstić information content (AvgIpc) is 3.39. The molecule has 0 atom stereocenters. The van der Waals surface area contributed by atoms with E-state index in [1.807, 2.05) is 0 Å². The lowest BCUT2D eigenvalue weighted by molar-refractivity contribution is -0.384. The van der Waals surface area contributed by atoms with Crippen molar-refractivity contribution in [1.29, 1.82) is 0 Å². The molecule has 34 heavy (non-hydrogen) atoms. The summed E-state index contributed by atoms with van der Waals surface area (Å²) >= 11 is 0. The molecule has 2 aromatic carbocycles. The maximum Gasteiger partial charge on any atom is 0.329 e. The highest BCUT2D eigenvalue weighted by Crippen LogP contribution is 2.24. The van der Waals surface area contributed by atoms with E-state index in [9.17, 15) is 24.5 Å². The number of hydrogen-bond donors (Lipinski definition) is 2. The SMILES string of the molecule is COc1ccccc1NC(=O)CN1C(=O)N/C(=C/c2cccn2-c2cccc([N+](=O)[O-])c2)C1=O. The number of non-ortho nitro benzene ring substituents is 1. The van der Waals surface area contributed by atoms with Gasteiger partial charge < -0.3 is 19.9 Å². The summed E-state index contributed by atoms with van der Waals surface area (Å²) in [5.41, 5.74) is 1.32. The molecule has 0 radical (unpaired) electrons. The standard InChI is InChI=1S/C23H19N5O6/c1-34-20-10-3-2-9-18(20)24-21(29)14-27-22(30)19(25-23(27)31)13-16-8-5-11-26(16)15-6-4-7-17(12-15)28(32)33/h2-13H,14H2,1H3,(H,24,29)(H,25,31)/b19-13+. The fraction of sp³-hybridized carbons (Fsp3) is 0.0870. The number of nitrogens with zero attached hydrogens (tertiary/aromatic N) is 3. The number of amides is 4. The first-order chi connectivity index (χ1) is 16.4. The van der Waals surface area contributed by atoms with E-state index in [4.69, 9.17) is 4.74 Å². The number of anilines is 1. The predicted molar refractivity (Wildman–Crippen MR) is 122 cm³/mol. The van der Waals surface area contributed by atoms with Crippen LogP contribution < -0.4 is 15.4 Å². The second-order valence-electron chi connectivity index (χ2n) is 7.21. The van der Waals surface area contributed by atoms with Crippen molar-refractivity contribution >= 4 is 35.3 Å². The zero-order valence-electron chi connectivity index (χ0n) is 17.9. The number of carbonyl (C=O) groups excluding carboxylic acids is 3. The van der Waals surface area contributed by atoms with Gasteiger partial charge in [-0.1, -0.05) is 18.2 Å². The van der Waals surface area contributed by atoms with E-state index >= 15 is 0 Å². The zero-order chi connectivity index (χ0) is 24.2. The Bertz CT molecular complexity index is 1330.